The molecule has 5 aromatic carbocycles. The maximum atomic E-state index is 10.8. The minimum atomic E-state index is 0.167. The average Bonchev–Trinajstić information content (AvgIpc) is 2.99. The quantitative estimate of drug-likeness (QED) is 0.127. The molecule has 0 fully saturated rings. The standard InChI is InChI=1S/C39H38O5/c40-35-21-26-7-11-30(35)5-3-1-2-4-25-6-12-31(36(41)20-25)17-27-8-14-33(38(43)22-27)19-29-10-15-34(39(44)24-29)18-28-9-13-32(16-26)37(42)23-28/h6-15,20-24,40-44H,1-5,16-19H2. The van der Waals surface area contributed by atoms with E-state index in [1.807, 2.05) is 60.7 Å². The molecule has 0 spiro atoms. The van der Waals surface area contributed by atoms with Crippen LogP contribution < -0.4 is 0 Å². The van der Waals surface area contributed by atoms with Gasteiger partial charge in [0, 0.05) is 25.7 Å². The third-order valence-electron chi connectivity index (χ3n) is 8.74. The van der Waals surface area contributed by atoms with Crippen LogP contribution in [0.15, 0.2) is 91.0 Å². The number of rotatable bonds is 0. The topological polar surface area (TPSA) is 101 Å². The molecule has 11 aliphatic rings. The summed E-state index contributed by atoms with van der Waals surface area (Å²) in [5.41, 5.74) is 8.68. The third kappa shape index (κ3) is 6.84. The van der Waals surface area contributed by atoms with Gasteiger partial charge in [-0.2, -0.15) is 0 Å². The van der Waals surface area contributed by atoms with Crippen molar-refractivity contribution in [2.45, 2.75) is 57.8 Å². The Morgan fingerprint density at radius 2 is 0.591 bits per heavy atom. The minimum Gasteiger partial charge on any atom is -0.508 e. The zero-order chi connectivity index (χ0) is 30.6. The third-order valence-corrected chi connectivity index (χ3v) is 8.74. The molecule has 10 bridgehead atoms. The van der Waals surface area contributed by atoms with Crippen molar-refractivity contribution in [2.24, 2.45) is 0 Å². The summed E-state index contributed by atoms with van der Waals surface area (Å²) in [5.74, 6) is 1.09. The maximum absolute atomic E-state index is 10.8. The summed E-state index contributed by atoms with van der Waals surface area (Å²) in [7, 11) is 0. The van der Waals surface area contributed by atoms with Crippen LogP contribution in [0.2, 0.25) is 0 Å². The summed E-state index contributed by atoms with van der Waals surface area (Å²) in [6.45, 7) is 0. The first-order valence-corrected chi connectivity index (χ1v) is 15.3. The lowest BCUT2D eigenvalue weighted by molar-refractivity contribution is 0.463. The molecule has 0 saturated heterocycles. The molecule has 0 aromatic heterocycles. The van der Waals surface area contributed by atoms with E-state index in [4.69, 9.17) is 0 Å². The van der Waals surface area contributed by atoms with Crippen molar-refractivity contribution < 1.29 is 25.5 Å². The first-order chi connectivity index (χ1) is 21.3. The molecule has 0 heterocycles. The summed E-state index contributed by atoms with van der Waals surface area (Å²) < 4.78 is 0. The van der Waals surface area contributed by atoms with Gasteiger partial charge in [0.05, 0.1) is 0 Å². The molecular formula is C39H38O5. The van der Waals surface area contributed by atoms with E-state index in [1.165, 1.54) is 0 Å². The molecule has 5 aromatic rings. The average molecular weight is 587 g/mol. The van der Waals surface area contributed by atoms with Gasteiger partial charge in [0.15, 0.2) is 0 Å². The number of aryl methyl sites for hydroxylation is 2. The van der Waals surface area contributed by atoms with Crippen molar-refractivity contribution in [3.05, 3.63) is 147 Å². The van der Waals surface area contributed by atoms with Crippen LogP contribution in [0.1, 0.15) is 74.9 Å². The highest BCUT2D eigenvalue weighted by Crippen LogP contribution is 2.31. The number of phenols is 5. The summed E-state index contributed by atoms with van der Waals surface area (Å²) >= 11 is 0. The van der Waals surface area contributed by atoms with Crippen molar-refractivity contribution in [1.82, 2.24) is 0 Å². The number of aromatic hydroxyl groups is 5. The Morgan fingerprint density at radius 3 is 0.955 bits per heavy atom. The van der Waals surface area contributed by atoms with E-state index in [0.717, 1.165) is 87.7 Å². The molecule has 16 rings (SSSR count). The molecule has 44 heavy (non-hydrogen) atoms. The Hall–Kier alpha value is -4.90. The summed E-state index contributed by atoms with van der Waals surface area (Å²) in [4.78, 5) is 0. The Morgan fingerprint density at radius 1 is 0.295 bits per heavy atom. The molecule has 0 radical (unpaired) electrons. The molecule has 224 valence electrons. The van der Waals surface area contributed by atoms with Crippen LogP contribution in [-0.4, -0.2) is 25.5 Å². The second-order valence-corrected chi connectivity index (χ2v) is 12.1. The van der Waals surface area contributed by atoms with Crippen LogP contribution in [0.5, 0.6) is 28.7 Å². The molecule has 5 nitrogen and oxygen atoms in total. The Labute approximate surface area is 258 Å². The van der Waals surface area contributed by atoms with Gasteiger partial charge < -0.3 is 25.5 Å². The van der Waals surface area contributed by atoms with E-state index in [0.29, 0.717) is 25.7 Å². The highest BCUT2D eigenvalue weighted by atomic mass is 16.3. The van der Waals surface area contributed by atoms with Crippen LogP contribution in [0.3, 0.4) is 0 Å². The summed E-state index contributed by atoms with van der Waals surface area (Å²) in [6, 6.07) is 28.4. The molecule has 11 aliphatic carbocycles. The highest BCUT2D eigenvalue weighted by Gasteiger charge is 2.12. The van der Waals surface area contributed by atoms with E-state index in [2.05, 4.69) is 6.07 Å². The number of fused-ring (bicyclic) bond motifs is 1. The molecule has 5 N–H and O–H groups in total. The second kappa shape index (κ2) is 12.8. The Balaban J connectivity index is 1.27. The lowest BCUT2D eigenvalue weighted by Gasteiger charge is -2.12. The monoisotopic (exact) mass is 586 g/mol. The Kier molecular flexibility index (Phi) is 8.47. The normalized spacial score (nSPS) is 14.0. The fourth-order valence-electron chi connectivity index (χ4n) is 6.15. The van der Waals surface area contributed by atoms with Crippen LogP contribution in [0, 0.1) is 0 Å². The van der Waals surface area contributed by atoms with E-state index in [-0.39, 0.29) is 28.7 Å². The first kappa shape index (κ1) is 29.2. The van der Waals surface area contributed by atoms with E-state index in [1.54, 1.807) is 24.3 Å². The fourth-order valence-corrected chi connectivity index (χ4v) is 6.15. The first-order valence-electron chi connectivity index (χ1n) is 15.3. The highest BCUT2D eigenvalue weighted by molar-refractivity contribution is 5.48. The molecule has 5 heteroatoms. The van der Waals surface area contributed by atoms with Gasteiger partial charge in [0.25, 0.3) is 0 Å². The van der Waals surface area contributed by atoms with Crippen molar-refractivity contribution in [2.75, 3.05) is 0 Å². The minimum absolute atomic E-state index is 0.167. The molecule has 0 saturated carbocycles. The van der Waals surface area contributed by atoms with Crippen molar-refractivity contribution in [3.63, 3.8) is 0 Å². The predicted octanol–water partition coefficient (Wildman–Crippen LogP) is 7.85. The molecule has 0 atom stereocenters. The fraction of sp³-hybridized carbons (Fsp3) is 0.231. The number of phenolic OH excluding ortho intramolecular Hbond substituents is 5. The van der Waals surface area contributed by atoms with E-state index >= 15 is 0 Å². The van der Waals surface area contributed by atoms with Crippen LogP contribution in [0.25, 0.3) is 0 Å². The van der Waals surface area contributed by atoms with Crippen molar-refractivity contribution in [1.29, 1.82) is 0 Å². The summed E-state index contributed by atoms with van der Waals surface area (Å²) in [5, 5.41) is 53.8. The van der Waals surface area contributed by atoms with Crippen LogP contribution in [-0.2, 0) is 38.5 Å². The molecular weight excluding hydrogens is 548 g/mol. The number of hydrogen-bond acceptors (Lipinski definition) is 5. The van der Waals surface area contributed by atoms with Crippen LogP contribution >= 0.6 is 0 Å². The van der Waals surface area contributed by atoms with Gasteiger partial charge in [-0.25, -0.2) is 0 Å². The number of benzene rings is 5. The van der Waals surface area contributed by atoms with Crippen molar-refractivity contribution in [3.8, 4) is 28.7 Å². The van der Waals surface area contributed by atoms with Gasteiger partial charge in [-0.3, -0.25) is 0 Å². The zero-order valence-electron chi connectivity index (χ0n) is 24.8. The number of hydrogen-bond donors (Lipinski definition) is 5. The lowest BCUT2D eigenvalue weighted by atomic mass is 9.95. The molecule has 0 amide bonds. The lowest BCUT2D eigenvalue weighted by Crippen LogP contribution is -1.96. The van der Waals surface area contributed by atoms with Gasteiger partial charge >= 0.3 is 0 Å². The van der Waals surface area contributed by atoms with Gasteiger partial charge in [0.2, 0.25) is 0 Å². The van der Waals surface area contributed by atoms with Gasteiger partial charge in [-0.15, -0.1) is 0 Å². The van der Waals surface area contributed by atoms with E-state index in [9.17, 15) is 25.5 Å². The molecule has 0 unspecified atom stereocenters. The molecule has 0 aliphatic heterocycles. The van der Waals surface area contributed by atoms with Gasteiger partial charge in [-0.1, -0.05) is 67.1 Å². The summed E-state index contributed by atoms with van der Waals surface area (Å²) in [6.07, 6.45) is 6.54. The van der Waals surface area contributed by atoms with Gasteiger partial charge in [-0.05, 0) is 112 Å². The zero-order valence-corrected chi connectivity index (χ0v) is 24.8. The second-order valence-electron chi connectivity index (χ2n) is 12.1. The SMILES string of the molecule is Oc1cc2ccc1CCCCCc1ccc(c(O)c1)Cc1ccc(c(O)c1)Cc1ccc(c(O)c1)Cc1ccc(c(O)c1)C2. The van der Waals surface area contributed by atoms with Crippen LogP contribution in [0.4, 0.5) is 0 Å². The predicted molar refractivity (Wildman–Crippen MR) is 173 cm³/mol. The van der Waals surface area contributed by atoms with Gasteiger partial charge in [0.1, 0.15) is 28.7 Å². The van der Waals surface area contributed by atoms with Crippen molar-refractivity contribution >= 4 is 0 Å². The van der Waals surface area contributed by atoms with E-state index < -0.39 is 0 Å². The largest absolute Gasteiger partial charge is 0.508 e. The maximum Gasteiger partial charge on any atom is 0.119 e. The Bertz CT molecular complexity index is 1810. The smallest absolute Gasteiger partial charge is 0.119 e.